The lowest BCUT2D eigenvalue weighted by Crippen LogP contribution is -2.15. The molecule has 1 heteroatoms. The summed E-state index contributed by atoms with van der Waals surface area (Å²) in [6.07, 6.45) is 2.15. The van der Waals surface area contributed by atoms with E-state index >= 15 is 0 Å². The van der Waals surface area contributed by atoms with Crippen LogP contribution in [0.1, 0.15) is 53.3 Å². The average molecular weight is 267 g/mol. The summed E-state index contributed by atoms with van der Waals surface area (Å²) in [5.41, 5.74) is 14.4. The van der Waals surface area contributed by atoms with Crippen molar-refractivity contribution in [3.8, 4) is 0 Å². The molecule has 1 unspecified atom stereocenters. The van der Waals surface area contributed by atoms with Crippen LogP contribution in [-0.2, 0) is 12.8 Å². The van der Waals surface area contributed by atoms with Gasteiger partial charge in [0, 0.05) is 0 Å². The molecule has 2 N–H and O–H groups in total. The van der Waals surface area contributed by atoms with E-state index in [4.69, 9.17) is 5.73 Å². The van der Waals surface area contributed by atoms with Crippen molar-refractivity contribution in [2.24, 2.45) is 5.73 Å². The maximum Gasteiger partial charge on any atom is 0.0556 e. The lowest BCUT2D eigenvalue weighted by atomic mass is 9.89. The number of hydrogen-bond donors (Lipinski definition) is 1. The predicted molar refractivity (Wildman–Crippen MR) is 87.1 cm³/mol. The Morgan fingerprint density at radius 3 is 2.05 bits per heavy atom. The Morgan fingerprint density at radius 2 is 1.50 bits per heavy atom. The molecule has 2 aromatic carbocycles. The monoisotopic (exact) mass is 267 g/mol. The van der Waals surface area contributed by atoms with Crippen LogP contribution in [0.3, 0.4) is 0 Å². The van der Waals surface area contributed by atoms with Gasteiger partial charge in [-0.3, -0.25) is 0 Å². The molecule has 0 bridgehead atoms. The Kier molecular flexibility index (Phi) is 4.61. The third kappa shape index (κ3) is 2.78. The van der Waals surface area contributed by atoms with Gasteiger partial charge in [-0.15, -0.1) is 0 Å². The van der Waals surface area contributed by atoms with Crippen LogP contribution in [0.25, 0.3) is 0 Å². The van der Waals surface area contributed by atoms with Crippen LogP contribution in [0, 0.1) is 13.8 Å². The maximum absolute atomic E-state index is 6.53. The van der Waals surface area contributed by atoms with Gasteiger partial charge in [-0.1, -0.05) is 50.2 Å². The average Bonchev–Trinajstić information content (AvgIpc) is 2.46. The van der Waals surface area contributed by atoms with E-state index in [2.05, 4.69) is 64.1 Å². The molecule has 0 aliphatic heterocycles. The molecule has 0 fully saturated rings. The Hall–Kier alpha value is -1.60. The van der Waals surface area contributed by atoms with Crippen molar-refractivity contribution in [1.82, 2.24) is 0 Å². The summed E-state index contributed by atoms with van der Waals surface area (Å²) in [5, 5.41) is 0. The third-order valence-corrected chi connectivity index (χ3v) is 4.20. The highest BCUT2D eigenvalue weighted by Gasteiger charge is 2.14. The molecule has 0 radical (unpaired) electrons. The van der Waals surface area contributed by atoms with Crippen LogP contribution in [-0.4, -0.2) is 0 Å². The van der Waals surface area contributed by atoms with Crippen molar-refractivity contribution >= 4 is 0 Å². The molecular formula is C19H25N. The Morgan fingerprint density at radius 1 is 0.900 bits per heavy atom. The second kappa shape index (κ2) is 6.23. The molecule has 0 saturated heterocycles. The zero-order chi connectivity index (χ0) is 14.7. The molecule has 0 aliphatic rings. The van der Waals surface area contributed by atoms with Gasteiger partial charge in [-0.2, -0.15) is 0 Å². The van der Waals surface area contributed by atoms with E-state index in [1.165, 1.54) is 33.4 Å². The van der Waals surface area contributed by atoms with E-state index < -0.39 is 0 Å². The summed E-state index contributed by atoms with van der Waals surface area (Å²) < 4.78 is 0. The van der Waals surface area contributed by atoms with Crippen molar-refractivity contribution < 1.29 is 0 Å². The molecule has 0 heterocycles. The number of rotatable bonds is 4. The van der Waals surface area contributed by atoms with Gasteiger partial charge in [0.1, 0.15) is 0 Å². The highest BCUT2D eigenvalue weighted by molar-refractivity contribution is 5.43. The van der Waals surface area contributed by atoms with E-state index in [9.17, 15) is 0 Å². The number of hydrogen-bond acceptors (Lipinski definition) is 1. The lowest BCUT2D eigenvalue weighted by molar-refractivity contribution is 0.845. The smallest absolute Gasteiger partial charge is 0.0556 e. The molecule has 20 heavy (non-hydrogen) atoms. The summed E-state index contributed by atoms with van der Waals surface area (Å²) in [5.74, 6) is 0. The van der Waals surface area contributed by atoms with E-state index in [0.29, 0.717) is 0 Å². The molecule has 0 aromatic heterocycles. The molecule has 0 saturated carbocycles. The molecule has 1 nitrogen and oxygen atoms in total. The number of benzene rings is 2. The first-order valence-corrected chi connectivity index (χ1v) is 7.51. The Bertz CT molecular complexity index is 578. The van der Waals surface area contributed by atoms with Crippen LogP contribution in [0.2, 0.25) is 0 Å². The van der Waals surface area contributed by atoms with Crippen LogP contribution in [0.5, 0.6) is 0 Å². The van der Waals surface area contributed by atoms with E-state index in [0.717, 1.165) is 12.8 Å². The molecule has 0 aliphatic carbocycles. The first-order chi connectivity index (χ1) is 9.58. The quantitative estimate of drug-likeness (QED) is 0.868. The largest absolute Gasteiger partial charge is 0.320 e. The fourth-order valence-electron chi connectivity index (χ4n) is 3.00. The lowest BCUT2D eigenvalue weighted by Gasteiger charge is -2.19. The maximum atomic E-state index is 6.53. The molecule has 0 amide bonds. The molecule has 0 spiro atoms. The van der Waals surface area contributed by atoms with Crippen molar-refractivity contribution in [1.29, 1.82) is 0 Å². The Labute approximate surface area is 122 Å². The van der Waals surface area contributed by atoms with Crippen LogP contribution < -0.4 is 5.73 Å². The van der Waals surface area contributed by atoms with Gasteiger partial charge in [0.2, 0.25) is 0 Å². The second-order valence-electron chi connectivity index (χ2n) is 5.52. The van der Waals surface area contributed by atoms with Gasteiger partial charge in [-0.25, -0.2) is 0 Å². The first-order valence-electron chi connectivity index (χ1n) is 7.51. The van der Waals surface area contributed by atoms with E-state index in [-0.39, 0.29) is 6.04 Å². The van der Waals surface area contributed by atoms with Crippen LogP contribution in [0.4, 0.5) is 0 Å². The second-order valence-corrected chi connectivity index (χ2v) is 5.52. The first kappa shape index (κ1) is 14.8. The predicted octanol–water partition coefficient (Wildman–Crippen LogP) is 4.48. The zero-order valence-corrected chi connectivity index (χ0v) is 13.0. The normalized spacial score (nSPS) is 12.4. The molecule has 106 valence electrons. The summed E-state index contributed by atoms with van der Waals surface area (Å²) in [6, 6.07) is 13.1. The van der Waals surface area contributed by atoms with Gasteiger partial charge in [0.25, 0.3) is 0 Å². The molecule has 1 atom stereocenters. The molecular weight excluding hydrogens is 242 g/mol. The van der Waals surface area contributed by atoms with Gasteiger partial charge in [-0.05, 0) is 60.1 Å². The summed E-state index contributed by atoms with van der Waals surface area (Å²) >= 11 is 0. The minimum absolute atomic E-state index is 0.0348. The number of aryl methyl sites for hydroxylation is 4. The molecule has 2 rings (SSSR count). The highest BCUT2D eigenvalue weighted by Crippen LogP contribution is 2.27. The van der Waals surface area contributed by atoms with Crippen molar-refractivity contribution in [2.45, 2.75) is 46.6 Å². The minimum Gasteiger partial charge on any atom is -0.320 e. The SMILES string of the molecule is CCc1ccc(C(N)c2c(C)cccc2C)cc1CC. The van der Waals surface area contributed by atoms with Gasteiger partial charge < -0.3 is 5.73 Å². The topological polar surface area (TPSA) is 26.0 Å². The summed E-state index contributed by atoms with van der Waals surface area (Å²) in [6.45, 7) is 8.70. The van der Waals surface area contributed by atoms with Crippen LogP contribution in [0.15, 0.2) is 36.4 Å². The van der Waals surface area contributed by atoms with Crippen molar-refractivity contribution in [3.63, 3.8) is 0 Å². The standard InChI is InChI=1S/C19H25N/c1-5-15-10-11-17(12-16(15)6-2)19(20)18-13(3)8-7-9-14(18)4/h7-12,19H,5-6,20H2,1-4H3. The van der Waals surface area contributed by atoms with Crippen LogP contribution >= 0.6 is 0 Å². The van der Waals surface area contributed by atoms with E-state index in [1.54, 1.807) is 0 Å². The number of nitrogens with two attached hydrogens (primary N) is 1. The zero-order valence-electron chi connectivity index (χ0n) is 13.0. The Balaban J connectivity index is 2.46. The molecule has 2 aromatic rings. The third-order valence-electron chi connectivity index (χ3n) is 4.20. The van der Waals surface area contributed by atoms with Crippen molar-refractivity contribution in [2.75, 3.05) is 0 Å². The van der Waals surface area contributed by atoms with Crippen molar-refractivity contribution in [3.05, 3.63) is 69.8 Å². The fourth-order valence-corrected chi connectivity index (χ4v) is 3.00. The van der Waals surface area contributed by atoms with Gasteiger partial charge >= 0.3 is 0 Å². The van der Waals surface area contributed by atoms with Gasteiger partial charge in [0.15, 0.2) is 0 Å². The minimum atomic E-state index is -0.0348. The van der Waals surface area contributed by atoms with Gasteiger partial charge in [0.05, 0.1) is 6.04 Å². The highest BCUT2D eigenvalue weighted by atomic mass is 14.6. The fraction of sp³-hybridized carbons (Fsp3) is 0.368. The van der Waals surface area contributed by atoms with E-state index in [1.807, 2.05) is 0 Å². The summed E-state index contributed by atoms with van der Waals surface area (Å²) in [7, 11) is 0. The summed E-state index contributed by atoms with van der Waals surface area (Å²) in [4.78, 5) is 0.